The first-order valence-electron chi connectivity index (χ1n) is 9.35. The number of nitrogens with zero attached hydrogens (tertiary/aromatic N) is 2. The lowest BCUT2D eigenvalue weighted by molar-refractivity contribution is 0.180. The van der Waals surface area contributed by atoms with Crippen LogP contribution in [0.3, 0.4) is 0 Å². The number of ether oxygens (including phenoxy) is 1. The van der Waals surface area contributed by atoms with Crippen molar-refractivity contribution in [3.63, 3.8) is 0 Å². The Morgan fingerprint density at radius 2 is 1.89 bits per heavy atom. The van der Waals surface area contributed by atoms with Crippen molar-refractivity contribution in [1.82, 2.24) is 15.5 Å². The van der Waals surface area contributed by atoms with Gasteiger partial charge >= 0.3 is 0 Å². The largest absolute Gasteiger partial charge is 0.385 e. The molecule has 0 aliphatic heterocycles. The van der Waals surface area contributed by atoms with Crippen LogP contribution in [0.25, 0.3) is 0 Å². The summed E-state index contributed by atoms with van der Waals surface area (Å²) in [5.41, 5.74) is 1.09. The van der Waals surface area contributed by atoms with E-state index in [2.05, 4.69) is 27.6 Å². The van der Waals surface area contributed by atoms with Gasteiger partial charge in [0, 0.05) is 46.2 Å². The molecule has 0 bridgehead atoms. The Hall–Kier alpha value is -1.64. The van der Waals surface area contributed by atoms with Crippen LogP contribution in [0.15, 0.2) is 34.2 Å². The van der Waals surface area contributed by atoms with Crippen molar-refractivity contribution >= 4 is 15.8 Å². The van der Waals surface area contributed by atoms with Crippen molar-refractivity contribution < 1.29 is 13.2 Å². The molecule has 8 heteroatoms. The third kappa shape index (κ3) is 10.3. The molecule has 1 aromatic rings. The van der Waals surface area contributed by atoms with Gasteiger partial charge in [-0.25, -0.2) is 8.42 Å². The van der Waals surface area contributed by atoms with Crippen molar-refractivity contribution in [3.8, 4) is 0 Å². The van der Waals surface area contributed by atoms with E-state index in [9.17, 15) is 8.42 Å². The second-order valence-electron chi connectivity index (χ2n) is 6.50. The van der Waals surface area contributed by atoms with Crippen molar-refractivity contribution in [2.75, 3.05) is 59.7 Å². The molecule has 0 aromatic heterocycles. The molecule has 27 heavy (non-hydrogen) atoms. The lowest BCUT2D eigenvalue weighted by Crippen LogP contribution is -2.39. The van der Waals surface area contributed by atoms with Gasteiger partial charge in [-0.05, 0) is 44.5 Å². The Labute approximate surface area is 164 Å². The molecule has 0 saturated heterocycles. The fraction of sp³-hybridized carbons (Fsp3) is 0.632. The number of hydrogen-bond donors (Lipinski definition) is 2. The van der Waals surface area contributed by atoms with E-state index >= 15 is 0 Å². The Balaban J connectivity index is 2.41. The summed E-state index contributed by atoms with van der Waals surface area (Å²) in [5.74, 6) is 0.801. The van der Waals surface area contributed by atoms with Crippen LogP contribution in [0.5, 0.6) is 0 Å². The van der Waals surface area contributed by atoms with E-state index in [1.165, 1.54) is 6.26 Å². The quantitative estimate of drug-likeness (QED) is 0.312. The number of guanidine groups is 1. The van der Waals surface area contributed by atoms with Crippen LogP contribution in [0.1, 0.15) is 18.9 Å². The topological polar surface area (TPSA) is 83.0 Å². The van der Waals surface area contributed by atoms with E-state index in [1.807, 2.05) is 19.1 Å². The molecule has 0 heterocycles. The van der Waals surface area contributed by atoms with Crippen molar-refractivity contribution in [2.45, 2.75) is 24.7 Å². The van der Waals surface area contributed by atoms with Gasteiger partial charge in [-0.1, -0.05) is 12.1 Å². The highest BCUT2D eigenvalue weighted by atomic mass is 32.2. The van der Waals surface area contributed by atoms with Crippen LogP contribution in [0, 0.1) is 0 Å². The summed E-state index contributed by atoms with van der Waals surface area (Å²) < 4.78 is 28.1. The fourth-order valence-electron chi connectivity index (χ4n) is 2.49. The molecule has 1 rings (SSSR count). The first-order valence-corrected chi connectivity index (χ1v) is 11.2. The van der Waals surface area contributed by atoms with Gasteiger partial charge in [0.1, 0.15) is 0 Å². The molecular weight excluding hydrogens is 364 g/mol. The average molecular weight is 399 g/mol. The van der Waals surface area contributed by atoms with E-state index in [0.717, 1.165) is 63.7 Å². The highest BCUT2D eigenvalue weighted by Gasteiger charge is 2.06. The molecule has 0 saturated carbocycles. The summed E-state index contributed by atoms with van der Waals surface area (Å²) >= 11 is 0. The van der Waals surface area contributed by atoms with Gasteiger partial charge in [-0.15, -0.1) is 0 Å². The molecular formula is C19H34N4O3S. The minimum absolute atomic E-state index is 0.351. The van der Waals surface area contributed by atoms with Gasteiger partial charge in [0.15, 0.2) is 15.8 Å². The average Bonchev–Trinajstić information content (AvgIpc) is 2.61. The molecule has 2 N–H and O–H groups in total. The zero-order chi connectivity index (χ0) is 20.1. The highest BCUT2D eigenvalue weighted by molar-refractivity contribution is 7.90. The monoisotopic (exact) mass is 398 g/mol. The molecule has 0 radical (unpaired) electrons. The van der Waals surface area contributed by atoms with Gasteiger partial charge in [0.2, 0.25) is 0 Å². The van der Waals surface area contributed by atoms with Gasteiger partial charge in [0.25, 0.3) is 0 Å². The van der Waals surface area contributed by atoms with E-state index in [-0.39, 0.29) is 0 Å². The molecule has 154 valence electrons. The number of aliphatic imine (C=N–C) groups is 1. The Kier molecular flexibility index (Phi) is 11.0. The SMILES string of the molecule is CCNC(=NCCN(C)CCCOC)NCCc1ccc(S(C)(=O)=O)cc1. The number of rotatable bonds is 12. The molecule has 1 aromatic carbocycles. The minimum Gasteiger partial charge on any atom is -0.385 e. The first-order chi connectivity index (χ1) is 12.9. The highest BCUT2D eigenvalue weighted by Crippen LogP contribution is 2.10. The molecule has 0 spiro atoms. The van der Waals surface area contributed by atoms with Crippen LogP contribution >= 0.6 is 0 Å². The predicted molar refractivity (Wildman–Crippen MR) is 111 cm³/mol. The Bertz CT molecular complexity index is 660. The fourth-order valence-corrected chi connectivity index (χ4v) is 3.12. The summed E-state index contributed by atoms with van der Waals surface area (Å²) in [6.07, 6.45) is 3.04. The number of hydrogen-bond acceptors (Lipinski definition) is 5. The molecule has 0 aliphatic carbocycles. The lowest BCUT2D eigenvalue weighted by Gasteiger charge is -2.16. The molecule has 0 atom stereocenters. The summed E-state index contributed by atoms with van der Waals surface area (Å²) in [4.78, 5) is 7.20. The minimum atomic E-state index is -3.14. The molecule has 0 aliphatic rings. The number of likely N-dealkylation sites (N-methyl/N-ethyl adjacent to an activating group) is 1. The number of nitrogens with one attached hydrogen (secondary N) is 2. The first kappa shape index (κ1) is 23.4. The molecule has 0 unspecified atom stereocenters. The number of methoxy groups -OCH3 is 1. The van der Waals surface area contributed by atoms with Gasteiger partial charge < -0.3 is 20.3 Å². The number of benzene rings is 1. The summed E-state index contributed by atoms with van der Waals surface area (Å²) in [6.45, 7) is 6.97. The molecule has 7 nitrogen and oxygen atoms in total. The summed E-state index contributed by atoms with van der Waals surface area (Å²) in [7, 11) is 0.668. The second kappa shape index (κ2) is 12.7. The normalized spacial score (nSPS) is 12.4. The Morgan fingerprint density at radius 3 is 2.48 bits per heavy atom. The van der Waals surface area contributed by atoms with Crippen LogP contribution < -0.4 is 10.6 Å². The van der Waals surface area contributed by atoms with E-state index in [0.29, 0.717) is 4.90 Å². The zero-order valence-electron chi connectivity index (χ0n) is 17.0. The van der Waals surface area contributed by atoms with Gasteiger partial charge in [-0.2, -0.15) is 0 Å². The van der Waals surface area contributed by atoms with Crippen LogP contribution in [0.4, 0.5) is 0 Å². The maximum absolute atomic E-state index is 11.5. The second-order valence-corrected chi connectivity index (χ2v) is 8.52. The molecule has 0 fully saturated rings. The van der Waals surface area contributed by atoms with Gasteiger partial charge in [-0.3, -0.25) is 4.99 Å². The third-order valence-electron chi connectivity index (χ3n) is 4.04. The summed E-state index contributed by atoms with van der Waals surface area (Å²) in [6, 6.07) is 7.03. The number of sulfone groups is 1. The Morgan fingerprint density at radius 1 is 1.19 bits per heavy atom. The van der Waals surface area contributed by atoms with Crippen molar-refractivity contribution in [1.29, 1.82) is 0 Å². The predicted octanol–water partition coefficient (Wildman–Crippen LogP) is 1.16. The van der Waals surface area contributed by atoms with Crippen molar-refractivity contribution in [3.05, 3.63) is 29.8 Å². The third-order valence-corrected chi connectivity index (χ3v) is 5.17. The zero-order valence-corrected chi connectivity index (χ0v) is 17.8. The van der Waals surface area contributed by atoms with E-state index in [4.69, 9.17) is 4.74 Å². The van der Waals surface area contributed by atoms with E-state index < -0.39 is 9.84 Å². The smallest absolute Gasteiger partial charge is 0.191 e. The maximum atomic E-state index is 11.5. The van der Waals surface area contributed by atoms with E-state index in [1.54, 1.807) is 19.2 Å². The van der Waals surface area contributed by atoms with Crippen LogP contribution in [0.2, 0.25) is 0 Å². The standard InChI is InChI=1S/C19H34N4O3S/c1-5-20-19(22-13-15-23(2)14-6-16-26-3)21-12-11-17-7-9-18(10-8-17)27(4,24)25/h7-10H,5-6,11-16H2,1-4H3,(H2,20,21,22). The van der Waals surface area contributed by atoms with Crippen LogP contribution in [-0.2, 0) is 21.0 Å². The lowest BCUT2D eigenvalue weighted by atomic mass is 10.1. The van der Waals surface area contributed by atoms with Gasteiger partial charge in [0.05, 0.1) is 11.4 Å². The van der Waals surface area contributed by atoms with Crippen molar-refractivity contribution in [2.24, 2.45) is 4.99 Å². The van der Waals surface area contributed by atoms with Crippen LogP contribution in [-0.4, -0.2) is 79.0 Å². The maximum Gasteiger partial charge on any atom is 0.191 e. The molecule has 0 amide bonds. The summed E-state index contributed by atoms with van der Waals surface area (Å²) in [5, 5.41) is 6.57.